The lowest BCUT2D eigenvalue weighted by Gasteiger charge is -2.27. The van der Waals surface area contributed by atoms with Crippen LogP contribution in [-0.2, 0) is 16.1 Å². The van der Waals surface area contributed by atoms with Gasteiger partial charge in [-0.2, -0.15) is 0 Å². The lowest BCUT2D eigenvalue weighted by molar-refractivity contribution is -0.124. The molecule has 0 spiro atoms. The zero-order valence-electron chi connectivity index (χ0n) is 13.1. The van der Waals surface area contributed by atoms with Crippen LogP contribution >= 0.6 is 0 Å². The summed E-state index contributed by atoms with van der Waals surface area (Å²) in [6, 6.07) is 7.73. The molecule has 1 amide bonds. The number of hydrogen-bond acceptors (Lipinski definition) is 4. The molecule has 0 saturated heterocycles. The van der Waals surface area contributed by atoms with E-state index in [9.17, 15) is 4.79 Å². The van der Waals surface area contributed by atoms with Gasteiger partial charge in [0.05, 0.1) is 18.8 Å². The van der Waals surface area contributed by atoms with E-state index < -0.39 is 5.54 Å². The molecule has 5 nitrogen and oxygen atoms in total. The molecule has 0 aliphatic rings. The standard InChI is InChI=1S/C16H26N2O3/c1-4-9-18-16(2,15(17)19)8-10-21-14-7-5-6-13(11-14)12-20-3/h5-7,11,18H,4,8-10,12H2,1-3H3,(H2,17,19). The van der Waals surface area contributed by atoms with Gasteiger partial charge in [-0.1, -0.05) is 19.1 Å². The van der Waals surface area contributed by atoms with Crippen LogP contribution in [0.2, 0.25) is 0 Å². The van der Waals surface area contributed by atoms with Gasteiger partial charge in [-0.05, 0) is 37.6 Å². The van der Waals surface area contributed by atoms with Gasteiger partial charge in [0.15, 0.2) is 0 Å². The Bertz CT molecular complexity index is 451. The minimum atomic E-state index is -0.736. The van der Waals surface area contributed by atoms with Crippen LogP contribution in [0.15, 0.2) is 24.3 Å². The number of carbonyl (C=O) groups is 1. The van der Waals surface area contributed by atoms with Crippen molar-refractivity contribution in [3.8, 4) is 5.75 Å². The van der Waals surface area contributed by atoms with Crippen LogP contribution in [-0.4, -0.2) is 31.7 Å². The van der Waals surface area contributed by atoms with E-state index >= 15 is 0 Å². The van der Waals surface area contributed by atoms with Crippen molar-refractivity contribution in [3.05, 3.63) is 29.8 Å². The third-order valence-electron chi connectivity index (χ3n) is 3.39. The molecule has 0 fully saturated rings. The van der Waals surface area contributed by atoms with E-state index in [-0.39, 0.29) is 5.91 Å². The predicted molar refractivity (Wildman–Crippen MR) is 83.2 cm³/mol. The van der Waals surface area contributed by atoms with Gasteiger partial charge in [0, 0.05) is 13.5 Å². The summed E-state index contributed by atoms with van der Waals surface area (Å²) in [6.07, 6.45) is 1.47. The fourth-order valence-electron chi connectivity index (χ4n) is 1.96. The number of primary amides is 1. The van der Waals surface area contributed by atoms with Crippen LogP contribution < -0.4 is 15.8 Å². The first kappa shape index (κ1) is 17.5. The second-order valence-corrected chi connectivity index (χ2v) is 5.30. The first-order chi connectivity index (χ1) is 10.0. The van der Waals surface area contributed by atoms with Gasteiger partial charge >= 0.3 is 0 Å². The average Bonchev–Trinajstić information content (AvgIpc) is 2.46. The van der Waals surface area contributed by atoms with Crippen molar-refractivity contribution in [3.63, 3.8) is 0 Å². The Morgan fingerprint density at radius 1 is 1.43 bits per heavy atom. The molecule has 5 heteroatoms. The van der Waals surface area contributed by atoms with Gasteiger partial charge in [-0.3, -0.25) is 4.79 Å². The van der Waals surface area contributed by atoms with Crippen LogP contribution in [0.5, 0.6) is 5.75 Å². The maximum absolute atomic E-state index is 11.6. The largest absolute Gasteiger partial charge is 0.493 e. The number of nitrogens with two attached hydrogens (primary N) is 1. The molecule has 1 unspecified atom stereocenters. The average molecular weight is 294 g/mol. The normalized spacial score (nSPS) is 13.7. The van der Waals surface area contributed by atoms with Crippen LogP contribution in [0.3, 0.4) is 0 Å². The Hall–Kier alpha value is -1.59. The molecule has 0 radical (unpaired) electrons. The summed E-state index contributed by atoms with van der Waals surface area (Å²) in [5.41, 5.74) is 5.80. The Kier molecular flexibility index (Phi) is 7.19. The molecule has 21 heavy (non-hydrogen) atoms. The number of amides is 1. The minimum absolute atomic E-state index is 0.354. The van der Waals surface area contributed by atoms with Gasteiger partial charge in [0.1, 0.15) is 5.75 Å². The Morgan fingerprint density at radius 2 is 2.19 bits per heavy atom. The first-order valence-electron chi connectivity index (χ1n) is 7.27. The first-order valence-corrected chi connectivity index (χ1v) is 7.27. The lowest BCUT2D eigenvalue weighted by Crippen LogP contribution is -2.54. The summed E-state index contributed by atoms with van der Waals surface area (Å²) in [4.78, 5) is 11.6. The molecule has 0 saturated carbocycles. The van der Waals surface area contributed by atoms with E-state index in [1.807, 2.05) is 38.1 Å². The summed E-state index contributed by atoms with van der Waals surface area (Å²) >= 11 is 0. The highest BCUT2D eigenvalue weighted by atomic mass is 16.5. The monoisotopic (exact) mass is 294 g/mol. The Labute approximate surface area is 126 Å². The molecule has 1 rings (SSSR count). The Balaban J connectivity index is 2.53. The molecule has 3 N–H and O–H groups in total. The molecule has 0 aliphatic carbocycles. The van der Waals surface area contributed by atoms with Crippen molar-refractivity contribution in [2.75, 3.05) is 20.3 Å². The number of benzene rings is 1. The molecule has 118 valence electrons. The molecule has 0 aromatic heterocycles. The minimum Gasteiger partial charge on any atom is -0.493 e. The number of ether oxygens (including phenoxy) is 2. The van der Waals surface area contributed by atoms with E-state index in [0.29, 0.717) is 19.6 Å². The third-order valence-corrected chi connectivity index (χ3v) is 3.39. The van der Waals surface area contributed by atoms with Gasteiger partial charge in [0.2, 0.25) is 5.91 Å². The molecular weight excluding hydrogens is 268 g/mol. The van der Waals surface area contributed by atoms with E-state index in [0.717, 1.165) is 24.3 Å². The number of rotatable bonds is 10. The number of nitrogens with one attached hydrogen (secondary N) is 1. The number of hydrogen-bond donors (Lipinski definition) is 2. The molecule has 0 bridgehead atoms. The fraction of sp³-hybridized carbons (Fsp3) is 0.562. The summed E-state index contributed by atoms with van der Waals surface area (Å²) in [7, 11) is 1.66. The summed E-state index contributed by atoms with van der Waals surface area (Å²) in [6.45, 7) is 5.59. The number of carbonyl (C=O) groups excluding carboxylic acids is 1. The van der Waals surface area contributed by atoms with E-state index in [1.54, 1.807) is 7.11 Å². The zero-order valence-corrected chi connectivity index (χ0v) is 13.1. The highest BCUT2D eigenvalue weighted by Gasteiger charge is 2.29. The van der Waals surface area contributed by atoms with Gasteiger partial charge in [0.25, 0.3) is 0 Å². The number of methoxy groups -OCH3 is 1. The zero-order chi connectivity index (χ0) is 15.7. The van der Waals surface area contributed by atoms with Crippen molar-refractivity contribution < 1.29 is 14.3 Å². The van der Waals surface area contributed by atoms with Gasteiger partial charge in [-0.25, -0.2) is 0 Å². The van der Waals surface area contributed by atoms with Crippen LogP contribution in [0.25, 0.3) is 0 Å². The third kappa shape index (κ3) is 5.73. The van der Waals surface area contributed by atoms with Crippen molar-refractivity contribution in [2.24, 2.45) is 5.73 Å². The fourth-order valence-corrected chi connectivity index (χ4v) is 1.96. The predicted octanol–water partition coefficient (Wildman–Crippen LogP) is 1.85. The molecule has 0 heterocycles. The van der Waals surface area contributed by atoms with Gasteiger partial charge < -0.3 is 20.5 Å². The van der Waals surface area contributed by atoms with E-state index in [2.05, 4.69) is 5.32 Å². The second kappa shape index (κ2) is 8.64. The maximum Gasteiger partial charge on any atom is 0.237 e. The summed E-state index contributed by atoms with van der Waals surface area (Å²) in [5.74, 6) is 0.416. The molecule has 1 aromatic rings. The highest BCUT2D eigenvalue weighted by Crippen LogP contribution is 2.16. The summed E-state index contributed by atoms with van der Waals surface area (Å²) in [5, 5.41) is 3.19. The van der Waals surface area contributed by atoms with Gasteiger partial charge in [-0.15, -0.1) is 0 Å². The van der Waals surface area contributed by atoms with Crippen molar-refractivity contribution in [1.82, 2.24) is 5.32 Å². The maximum atomic E-state index is 11.6. The van der Waals surface area contributed by atoms with Crippen molar-refractivity contribution in [1.29, 1.82) is 0 Å². The molecule has 0 aliphatic heterocycles. The van der Waals surface area contributed by atoms with E-state index in [1.165, 1.54) is 0 Å². The Morgan fingerprint density at radius 3 is 2.81 bits per heavy atom. The quantitative estimate of drug-likeness (QED) is 0.690. The lowest BCUT2D eigenvalue weighted by atomic mass is 9.97. The summed E-state index contributed by atoms with van der Waals surface area (Å²) < 4.78 is 10.8. The van der Waals surface area contributed by atoms with E-state index in [4.69, 9.17) is 15.2 Å². The smallest absolute Gasteiger partial charge is 0.237 e. The highest BCUT2D eigenvalue weighted by molar-refractivity contribution is 5.84. The molecule has 1 aromatic carbocycles. The topological polar surface area (TPSA) is 73.6 Å². The van der Waals surface area contributed by atoms with Crippen LogP contribution in [0.1, 0.15) is 32.3 Å². The van der Waals surface area contributed by atoms with Crippen molar-refractivity contribution in [2.45, 2.75) is 38.8 Å². The van der Waals surface area contributed by atoms with Crippen LogP contribution in [0.4, 0.5) is 0 Å². The molecule has 1 atom stereocenters. The second-order valence-electron chi connectivity index (χ2n) is 5.30. The SMILES string of the molecule is CCCNC(C)(CCOc1cccc(COC)c1)C(N)=O. The van der Waals surface area contributed by atoms with Crippen molar-refractivity contribution >= 4 is 5.91 Å². The molecular formula is C16H26N2O3. The van der Waals surface area contributed by atoms with Crippen LogP contribution in [0, 0.1) is 0 Å².